The summed E-state index contributed by atoms with van der Waals surface area (Å²) in [5.74, 6) is -1.35. The highest BCUT2D eigenvalue weighted by Crippen LogP contribution is 2.37. The van der Waals surface area contributed by atoms with Crippen molar-refractivity contribution in [2.45, 2.75) is 6.92 Å². The molecule has 1 heterocycles. The van der Waals surface area contributed by atoms with E-state index in [9.17, 15) is 9.59 Å². The van der Waals surface area contributed by atoms with Gasteiger partial charge < -0.3 is 19.1 Å². The fourth-order valence-electron chi connectivity index (χ4n) is 2.36. The average Bonchev–Trinajstić information content (AvgIpc) is 2.52. The lowest BCUT2D eigenvalue weighted by Gasteiger charge is -2.32. The Kier molecular flexibility index (Phi) is 5.51. The predicted molar refractivity (Wildman–Crippen MR) is 85.6 cm³/mol. The Morgan fingerprint density at radius 2 is 1.83 bits per heavy atom. The average molecular weight is 360 g/mol. The van der Waals surface area contributed by atoms with Crippen LogP contribution in [0.25, 0.3) is 0 Å². The van der Waals surface area contributed by atoms with Gasteiger partial charge in [-0.1, -0.05) is 23.2 Å². The summed E-state index contributed by atoms with van der Waals surface area (Å²) in [4.78, 5) is 25.6. The Balaban J connectivity index is 2.65. The van der Waals surface area contributed by atoms with Gasteiger partial charge in [0.2, 0.25) is 0 Å². The van der Waals surface area contributed by atoms with Crippen LogP contribution in [-0.2, 0) is 23.8 Å². The number of aryl methyl sites for hydroxylation is 1. The van der Waals surface area contributed by atoms with Crippen LogP contribution in [0.2, 0.25) is 10.0 Å². The largest absolute Gasteiger partial charge is 0.466 e. The monoisotopic (exact) mass is 359 g/mol. The number of rotatable bonds is 3. The van der Waals surface area contributed by atoms with Crippen LogP contribution in [0.3, 0.4) is 0 Å². The summed E-state index contributed by atoms with van der Waals surface area (Å²) in [6.45, 7) is 1.76. The molecule has 0 saturated heterocycles. The molecule has 6 nitrogen and oxygen atoms in total. The van der Waals surface area contributed by atoms with E-state index >= 15 is 0 Å². The maximum absolute atomic E-state index is 12.2. The minimum absolute atomic E-state index is 0.0348. The van der Waals surface area contributed by atoms with Crippen LogP contribution in [0.5, 0.6) is 0 Å². The fraction of sp³-hybridized carbons (Fsp3) is 0.333. The van der Waals surface area contributed by atoms with Gasteiger partial charge in [-0.25, -0.2) is 9.59 Å². The fourth-order valence-corrected chi connectivity index (χ4v) is 3.05. The zero-order chi connectivity index (χ0) is 17.1. The van der Waals surface area contributed by atoms with E-state index in [0.717, 1.165) is 5.56 Å². The van der Waals surface area contributed by atoms with Crippen LogP contribution in [-0.4, -0.2) is 39.5 Å². The number of esters is 2. The number of benzene rings is 1. The Hall–Kier alpha value is -1.76. The molecule has 8 heteroatoms. The second kappa shape index (κ2) is 7.21. The first-order chi connectivity index (χ1) is 10.9. The normalized spacial score (nSPS) is 14.7. The maximum atomic E-state index is 12.2. The van der Waals surface area contributed by atoms with E-state index in [1.165, 1.54) is 19.1 Å². The van der Waals surface area contributed by atoms with Gasteiger partial charge in [-0.2, -0.15) is 0 Å². The number of halogens is 2. The second-order valence-corrected chi connectivity index (χ2v) is 5.61. The minimum Gasteiger partial charge on any atom is -0.466 e. The molecule has 0 saturated carbocycles. The van der Waals surface area contributed by atoms with Crippen LogP contribution in [0, 0.1) is 6.92 Å². The molecule has 0 fully saturated rings. The van der Waals surface area contributed by atoms with Crippen LogP contribution in [0.4, 0.5) is 5.69 Å². The van der Waals surface area contributed by atoms with Crippen molar-refractivity contribution in [3.8, 4) is 0 Å². The lowest BCUT2D eigenvalue weighted by Crippen LogP contribution is -2.39. The van der Waals surface area contributed by atoms with Crippen molar-refractivity contribution in [2.75, 3.05) is 32.5 Å². The molecule has 23 heavy (non-hydrogen) atoms. The van der Waals surface area contributed by atoms with Crippen LogP contribution in [0.1, 0.15) is 5.56 Å². The Labute approximate surface area is 143 Å². The van der Waals surface area contributed by atoms with Gasteiger partial charge >= 0.3 is 11.9 Å². The molecular formula is C15H15Cl2NO5. The van der Waals surface area contributed by atoms with Crippen molar-refractivity contribution in [3.05, 3.63) is 39.0 Å². The summed E-state index contributed by atoms with van der Waals surface area (Å²) < 4.78 is 14.9. The third kappa shape index (κ3) is 3.44. The molecule has 0 spiro atoms. The summed E-state index contributed by atoms with van der Waals surface area (Å²) in [6, 6.07) is 3.25. The first kappa shape index (κ1) is 17.6. The van der Waals surface area contributed by atoms with E-state index < -0.39 is 11.9 Å². The number of ether oxygens (including phenoxy) is 3. The predicted octanol–water partition coefficient (Wildman–Crippen LogP) is 2.70. The van der Waals surface area contributed by atoms with Gasteiger partial charge in [-0.3, -0.25) is 0 Å². The number of hydrogen-bond acceptors (Lipinski definition) is 6. The van der Waals surface area contributed by atoms with E-state index in [1.807, 2.05) is 0 Å². The van der Waals surface area contributed by atoms with Gasteiger partial charge in [0.05, 0.1) is 37.1 Å². The number of methoxy groups -OCH3 is 2. The third-order valence-electron chi connectivity index (χ3n) is 3.32. The summed E-state index contributed by atoms with van der Waals surface area (Å²) in [6.07, 6.45) is 0. The van der Waals surface area contributed by atoms with Crippen molar-refractivity contribution in [3.63, 3.8) is 0 Å². The van der Waals surface area contributed by atoms with Gasteiger partial charge in [-0.05, 0) is 24.6 Å². The molecule has 0 radical (unpaired) electrons. The first-order valence-corrected chi connectivity index (χ1v) is 7.37. The first-order valence-electron chi connectivity index (χ1n) is 6.61. The molecule has 0 unspecified atom stereocenters. The maximum Gasteiger partial charge on any atom is 0.355 e. The smallest absolute Gasteiger partial charge is 0.355 e. The van der Waals surface area contributed by atoms with Gasteiger partial charge in [0, 0.05) is 5.02 Å². The van der Waals surface area contributed by atoms with Crippen LogP contribution < -0.4 is 4.90 Å². The molecule has 124 valence electrons. The highest BCUT2D eigenvalue weighted by Gasteiger charge is 2.33. The van der Waals surface area contributed by atoms with Crippen molar-refractivity contribution >= 4 is 40.8 Å². The molecule has 1 aromatic rings. The van der Waals surface area contributed by atoms with E-state index in [4.69, 9.17) is 37.4 Å². The van der Waals surface area contributed by atoms with Gasteiger partial charge in [0.15, 0.2) is 0 Å². The topological polar surface area (TPSA) is 65.1 Å². The van der Waals surface area contributed by atoms with Crippen LogP contribution >= 0.6 is 23.2 Å². The third-order valence-corrected chi connectivity index (χ3v) is 3.83. The zero-order valence-electron chi connectivity index (χ0n) is 12.8. The number of carbonyl (C=O) groups excluding carboxylic acids is 2. The highest BCUT2D eigenvalue weighted by atomic mass is 35.5. The molecule has 0 amide bonds. The summed E-state index contributed by atoms with van der Waals surface area (Å²) >= 11 is 12.2. The van der Waals surface area contributed by atoms with E-state index in [0.29, 0.717) is 15.7 Å². The number of carbonyl (C=O) groups is 2. The van der Waals surface area contributed by atoms with Gasteiger partial charge in [0.25, 0.3) is 0 Å². The second-order valence-electron chi connectivity index (χ2n) is 4.77. The standard InChI is InChI=1S/C15H15Cl2NO5/c1-8-4-9(16)5-11(17)12(8)18-7-23-6-10(14(19)21-2)13(18)15(20)22-3/h4-5H,6-7H2,1-3H3. The molecule has 2 rings (SSSR count). The van der Waals surface area contributed by atoms with Crippen molar-refractivity contribution in [1.29, 1.82) is 0 Å². The van der Waals surface area contributed by atoms with Crippen molar-refractivity contribution in [1.82, 2.24) is 0 Å². The molecule has 1 aliphatic heterocycles. The summed E-state index contributed by atoms with van der Waals surface area (Å²) in [7, 11) is 2.46. The number of anilines is 1. The quantitative estimate of drug-likeness (QED) is 0.773. The molecular weight excluding hydrogens is 345 g/mol. The van der Waals surface area contributed by atoms with Gasteiger partial charge in [-0.15, -0.1) is 0 Å². The molecule has 0 N–H and O–H groups in total. The lowest BCUT2D eigenvalue weighted by atomic mass is 10.1. The molecule has 0 aliphatic carbocycles. The number of nitrogens with zero attached hydrogens (tertiary/aromatic N) is 1. The van der Waals surface area contributed by atoms with Crippen LogP contribution in [0.15, 0.2) is 23.4 Å². The lowest BCUT2D eigenvalue weighted by molar-refractivity contribution is -0.140. The van der Waals surface area contributed by atoms with E-state index in [-0.39, 0.29) is 24.6 Å². The SMILES string of the molecule is COC(=O)C1=C(C(=O)OC)N(c2c(C)cc(Cl)cc2Cl)COC1. The number of hydrogen-bond donors (Lipinski definition) is 0. The Morgan fingerprint density at radius 3 is 2.39 bits per heavy atom. The molecule has 1 aromatic carbocycles. The minimum atomic E-state index is -0.681. The van der Waals surface area contributed by atoms with Crippen molar-refractivity contribution < 1.29 is 23.8 Å². The summed E-state index contributed by atoms with van der Waals surface area (Å²) in [5, 5.41) is 0.789. The van der Waals surface area contributed by atoms with Crippen molar-refractivity contribution in [2.24, 2.45) is 0 Å². The zero-order valence-corrected chi connectivity index (χ0v) is 14.3. The molecule has 0 bridgehead atoms. The highest BCUT2D eigenvalue weighted by molar-refractivity contribution is 6.36. The van der Waals surface area contributed by atoms with Gasteiger partial charge in [0.1, 0.15) is 12.4 Å². The Morgan fingerprint density at radius 1 is 1.17 bits per heavy atom. The summed E-state index contributed by atoms with van der Waals surface area (Å²) in [5.41, 5.74) is 1.34. The Bertz CT molecular complexity index is 663. The molecule has 0 aromatic heterocycles. The molecule has 0 atom stereocenters. The van der Waals surface area contributed by atoms with E-state index in [1.54, 1.807) is 19.1 Å². The molecule has 1 aliphatic rings. The van der Waals surface area contributed by atoms with E-state index in [2.05, 4.69) is 0 Å².